The van der Waals surface area contributed by atoms with Gasteiger partial charge in [-0.25, -0.2) is 0 Å². The lowest BCUT2D eigenvalue weighted by Gasteiger charge is -2.44. The van der Waals surface area contributed by atoms with Gasteiger partial charge in [-0.15, -0.1) is 0 Å². The first-order valence-corrected chi connectivity index (χ1v) is 14.2. The summed E-state index contributed by atoms with van der Waals surface area (Å²) < 4.78 is 0. The van der Waals surface area contributed by atoms with E-state index in [0.29, 0.717) is 0 Å². The van der Waals surface area contributed by atoms with Crippen LogP contribution in [0.3, 0.4) is 0 Å². The van der Waals surface area contributed by atoms with Gasteiger partial charge in [0, 0.05) is 39.2 Å². The van der Waals surface area contributed by atoms with Crippen molar-refractivity contribution in [2.24, 2.45) is 0 Å². The van der Waals surface area contributed by atoms with Gasteiger partial charge in [0.15, 0.2) is 0 Å². The molecular weight excluding hydrogens is 495 g/mol. The summed E-state index contributed by atoms with van der Waals surface area (Å²) in [4.78, 5) is 4.98. The molecule has 0 atom stereocenters. The van der Waals surface area contributed by atoms with Crippen molar-refractivity contribution in [3.05, 3.63) is 152 Å². The van der Waals surface area contributed by atoms with Crippen LogP contribution < -0.4 is 26.2 Å². The van der Waals surface area contributed by atoms with Crippen LogP contribution in [-0.4, -0.2) is 6.71 Å². The highest BCUT2D eigenvalue weighted by molar-refractivity contribution is 7.00. The molecule has 0 aromatic heterocycles. The summed E-state index contributed by atoms with van der Waals surface area (Å²) in [6.07, 6.45) is 0. The Balaban J connectivity index is 1.42. The molecule has 0 fully saturated rings. The molecule has 0 N–H and O–H groups in total. The van der Waals surface area contributed by atoms with Crippen LogP contribution in [-0.2, 0) is 0 Å². The van der Waals surface area contributed by atoms with E-state index in [2.05, 4.69) is 161 Å². The van der Waals surface area contributed by atoms with Gasteiger partial charge in [-0.3, -0.25) is 0 Å². The Hall–Kier alpha value is -5.28. The minimum atomic E-state index is 0.128. The van der Waals surface area contributed by atoms with Crippen molar-refractivity contribution < 1.29 is 0 Å². The quantitative estimate of drug-likeness (QED) is 0.213. The fourth-order valence-electron chi connectivity index (χ4n) is 7.15. The normalized spacial score (nSPS) is 13.2. The maximum Gasteiger partial charge on any atom is 0.252 e. The number of anilines is 6. The van der Waals surface area contributed by atoms with Gasteiger partial charge in [-0.2, -0.15) is 0 Å². The number of rotatable bonds is 2. The van der Waals surface area contributed by atoms with Crippen LogP contribution in [0.4, 0.5) is 34.1 Å². The van der Waals surface area contributed by atoms with E-state index < -0.39 is 0 Å². The Morgan fingerprint density at radius 2 is 0.951 bits per heavy atom. The smallest absolute Gasteiger partial charge is 0.252 e. The molecule has 41 heavy (non-hydrogen) atoms. The summed E-state index contributed by atoms with van der Waals surface area (Å²) in [5.41, 5.74) is 11.4. The number of para-hydroxylation sites is 2. The third kappa shape index (κ3) is 3.15. The Labute approximate surface area is 239 Å². The molecule has 190 valence electrons. The van der Waals surface area contributed by atoms with Crippen molar-refractivity contribution in [2.75, 3.05) is 9.80 Å². The molecule has 0 saturated heterocycles. The van der Waals surface area contributed by atoms with Gasteiger partial charge in [0.25, 0.3) is 6.71 Å². The van der Waals surface area contributed by atoms with E-state index in [-0.39, 0.29) is 6.71 Å². The molecule has 0 saturated carbocycles. The molecule has 2 nitrogen and oxygen atoms in total. The zero-order chi connectivity index (χ0) is 26.9. The molecule has 0 unspecified atom stereocenters. The third-order valence-electron chi connectivity index (χ3n) is 8.81. The first kappa shape index (κ1) is 22.5. The molecule has 2 aliphatic rings. The van der Waals surface area contributed by atoms with E-state index in [4.69, 9.17) is 0 Å². The number of benzene rings is 7. The first-order valence-electron chi connectivity index (χ1n) is 14.2. The highest BCUT2D eigenvalue weighted by Crippen LogP contribution is 2.46. The van der Waals surface area contributed by atoms with Crippen molar-refractivity contribution in [3.63, 3.8) is 0 Å². The zero-order valence-corrected chi connectivity index (χ0v) is 22.4. The van der Waals surface area contributed by atoms with Crippen molar-refractivity contribution in [3.8, 4) is 0 Å². The minimum Gasteiger partial charge on any atom is -0.311 e. The van der Waals surface area contributed by atoms with Crippen molar-refractivity contribution in [1.82, 2.24) is 0 Å². The van der Waals surface area contributed by atoms with Crippen LogP contribution in [0.25, 0.3) is 21.5 Å². The van der Waals surface area contributed by atoms with Gasteiger partial charge < -0.3 is 9.80 Å². The number of hydrogen-bond donors (Lipinski definition) is 0. The van der Waals surface area contributed by atoms with Gasteiger partial charge in [0.05, 0.1) is 5.69 Å². The average molecular weight is 520 g/mol. The molecule has 3 heteroatoms. The van der Waals surface area contributed by atoms with E-state index in [0.717, 1.165) is 0 Å². The van der Waals surface area contributed by atoms with Crippen LogP contribution in [0.15, 0.2) is 152 Å². The average Bonchev–Trinajstić information content (AvgIpc) is 3.05. The lowest BCUT2D eigenvalue weighted by atomic mass is 9.33. The maximum atomic E-state index is 2.49. The zero-order valence-electron chi connectivity index (χ0n) is 22.4. The fourth-order valence-corrected chi connectivity index (χ4v) is 7.15. The second-order valence-corrected chi connectivity index (χ2v) is 10.9. The third-order valence-corrected chi connectivity index (χ3v) is 8.81. The second kappa shape index (κ2) is 8.61. The van der Waals surface area contributed by atoms with Crippen LogP contribution in [0.2, 0.25) is 0 Å². The van der Waals surface area contributed by atoms with Crippen LogP contribution >= 0.6 is 0 Å². The van der Waals surface area contributed by atoms with E-state index >= 15 is 0 Å². The van der Waals surface area contributed by atoms with E-state index in [1.165, 1.54) is 72.1 Å². The first-order chi connectivity index (χ1) is 20.4. The summed E-state index contributed by atoms with van der Waals surface area (Å²) in [5.74, 6) is 0. The molecule has 7 aromatic carbocycles. The Bertz CT molecular complexity index is 2110. The molecule has 0 radical (unpaired) electrons. The van der Waals surface area contributed by atoms with Gasteiger partial charge in [-0.05, 0) is 63.6 Å². The van der Waals surface area contributed by atoms with Crippen LogP contribution in [0.1, 0.15) is 0 Å². The van der Waals surface area contributed by atoms with Gasteiger partial charge in [0.1, 0.15) is 0 Å². The van der Waals surface area contributed by atoms with Gasteiger partial charge in [-0.1, -0.05) is 115 Å². The monoisotopic (exact) mass is 520 g/mol. The molecule has 0 aliphatic carbocycles. The maximum absolute atomic E-state index is 2.49. The molecule has 0 spiro atoms. The lowest BCUT2D eigenvalue weighted by molar-refractivity contribution is 1.27. The summed E-state index contributed by atoms with van der Waals surface area (Å²) in [6, 6.07) is 55.5. The molecule has 9 rings (SSSR count). The SMILES string of the molecule is c1ccc(N2c3cccc4c3B(c3ccccc3N4c3cccc4ccccc34)c3ccc4ccccc4c32)cc1. The Morgan fingerprint density at radius 3 is 1.80 bits per heavy atom. The summed E-state index contributed by atoms with van der Waals surface area (Å²) >= 11 is 0. The summed E-state index contributed by atoms with van der Waals surface area (Å²) in [6.45, 7) is 0.128. The van der Waals surface area contributed by atoms with E-state index in [1.54, 1.807) is 0 Å². The molecule has 2 heterocycles. The van der Waals surface area contributed by atoms with Gasteiger partial charge in [0.2, 0.25) is 0 Å². The largest absolute Gasteiger partial charge is 0.311 e. The lowest BCUT2D eigenvalue weighted by Crippen LogP contribution is -2.61. The Kier molecular flexibility index (Phi) is 4.73. The van der Waals surface area contributed by atoms with Gasteiger partial charge >= 0.3 is 0 Å². The molecule has 7 aromatic rings. The van der Waals surface area contributed by atoms with Crippen molar-refractivity contribution in [2.45, 2.75) is 0 Å². The Morgan fingerprint density at radius 1 is 0.366 bits per heavy atom. The predicted octanol–water partition coefficient (Wildman–Crippen LogP) is 8.08. The summed E-state index contributed by atoms with van der Waals surface area (Å²) in [7, 11) is 0. The standard InChI is InChI=1S/C38H25BN2/c1-2-15-28(16-3-1)40-35-22-11-23-36-37(35)39(32-25-24-27-13-5-7-18-30(27)38(32)40)31-19-8-9-20-34(31)41(36)33-21-10-14-26-12-4-6-17-29(26)33/h1-25H. The molecular formula is C38H25BN2. The van der Waals surface area contributed by atoms with E-state index in [1.807, 2.05) is 0 Å². The highest BCUT2D eigenvalue weighted by Gasteiger charge is 2.43. The van der Waals surface area contributed by atoms with Crippen LogP contribution in [0.5, 0.6) is 0 Å². The molecule has 0 bridgehead atoms. The number of fused-ring (bicyclic) bond motifs is 7. The molecule has 2 aliphatic heterocycles. The highest BCUT2D eigenvalue weighted by atomic mass is 15.2. The van der Waals surface area contributed by atoms with Crippen molar-refractivity contribution in [1.29, 1.82) is 0 Å². The number of nitrogens with zero attached hydrogens (tertiary/aromatic N) is 2. The van der Waals surface area contributed by atoms with Crippen LogP contribution in [0, 0.1) is 0 Å². The number of hydrogen-bond acceptors (Lipinski definition) is 2. The molecule has 0 amide bonds. The summed E-state index contributed by atoms with van der Waals surface area (Å²) in [5, 5.41) is 5.03. The fraction of sp³-hybridized carbons (Fsp3) is 0. The second-order valence-electron chi connectivity index (χ2n) is 10.9. The van der Waals surface area contributed by atoms with E-state index in [9.17, 15) is 0 Å². The topological polar surface area (TPSA) is 6.48 Å². The predicted molar refractivity (Wildman–Crippen MR) is 175 cm³/mol. The van der Waals surface area contributed by atoms with Crippen molar-refractivity contribution >= 4 is 78.8 Å². The minimum absolute atomic E-state index is 0.128.